The van der Waals surface area contributed by atoms with Gasteiger partial charge >= 0.3 is 0 Å². The third kappa shape index (κ3) is 2.94. The average molecular weight is 332 g/mol. The van der Waals surface area contributed by atoms with Crippen molar-refractivity contribution in [3.05, 3.63) is 59.3 Å². The van der Waals surface area contributed by atoms with Gasteiger partial charge in [0.15, 0.2) is 0 Å². The topological polar surface area (TPSA) is 106 Å². The standard InChI is InChI=1S/C14H10F2N6O2/c15-10-5-8(14(23)19-24)6-11(16)9(10)7-22-13(18-20-21-22)12-3-1-2-4-17-12/h1-6,24H,7H2,(H,19,23). The van der Waals surface area contributed by atoms with Gasteiger partial charge in [-0.25, -0.2) is 18.9 Å². The van der Waals surface area contributed by atoms with Crippen molar-refractivity contribution in [2.45, 2.75) is 6.54 Å². The van der Waals surface area contributed by atoms with Crippen LogP contribution in [0.3, 0.4) is 0 Å². The van der Waals surface area contributed by atoms with Crippen LogP contribution in [0.2, 0.25) is 0 Å². The first kappa shape index (κ1) is 15.6. The molecule has 2 heterocycles. The molecule has 2 N–H and O–H groups in total. The van der Waals surface area contributed by atoms with E-state index in [9.17, 15) is 13.6 Å². The SMILES string of the molecule is O=C(NO)c1cc(F)c(Cn2nnnc2-c2ccccn2)c(F)c1. The molecule has 0 saturated heterocycles. The lowest BCUT2D eigenvalue weighted by atomic mass is 10.1. The fraction of sp³-hybridized carbons (Fsp3) is 0.0714. The number of rotatable bonds is 4. The molecule has 3 aromatic rings. The number of carbonyl (C=O) groups is 1. The van der Waals surface area contributed by atoms with E-state index in [1.54, 1.807) is 18.2 Å². The number of pyridine rings is 1. The molecule has 3 rings (SSSR count). The summed E-state index contributed by atoms with van der Waals surface area (Å²) >= 11 is 0. The molecule has 0 aliphatic heterocycles. The van der Waals surface area contributed by atoms with Gasteiger partial charge in [-0.3, -0.25) is 15.0 Å². The Hall–Kier alpha value is -3.27. The Balaban J connectivity index is 1.96. The van der Waals surface area contributed by atoms with Gasteiger partial charge in [-0.2, -0.15) is 0 Å². The highest BCUT2D eigenvalue weighted by atomic mass is 19.1. The zero-order valence-electron chi connectivity index (χ0n) is 12.0. The maximum absolute atomic E-state index is 14.1. The summed E-state index contributed by atoms with van der Waals surface area (Å²) in [5.41, 5.74) is 1.08. The minimum atomic E-state index is -1.02. The van der Waals surface area contributed by atoms with Crippen molar-refractivity contribution in [1.82, 2.24) is 30.7 Å². The van der Waals surface area contributed by atoms with E-state index >= 15 is 0 Å². The number of nitrogens with zero attached hydrogens (tertiary/aromatic N) is 5. The van der Waals surface area contributed by atoms with E-state index in [0.29, 0.717) is 5.69 Å². The van der Waals surface area contributed by atoms with Crippen molar-refractivity contribution in [3.8, 4) is 11.5 Å². The summed E-state index contributed by atoms with van der Waals surface area (Å²) in [5.74, 6) is -2.70. The second kappa shape index (κ2) is 6.46. The molecule has 8 nitrogen and oxygen atoms in total. The molecule has 0 aliphatic rings. The van der Waals surface area contributed by atoms with Gasteiger partial charge in [-0.15, -0.1) is 5.10 Å². The molecule has 2 aromatic heterocycles. The molecule has 0 spiro atoms. The molecule has 0 bridgehead atoms. The van der Waals surface area contributed by atoms with E-state index in [2.05, 4.69) is 20.5 Å². The van der Waals surface area contributed by atoms with Crippen molar-refractivity contribution >= 4 is 5.91 Å². The van der Waals surface area contributed by atoms with E-state index in [-0.39, 0.29) is 23.5 Å². The number of amides is 1. The highest BCUT2D eigenvalue weighted by Gasteiger charge is 2.18. The predicted octanol–water partition coefficient (Wildman–Crippen LogP) is 1.18. The summed E-state index contributed by atoms with van der Waals surface area (Å²) in [5, 5.41) is 19.5. The number of tetrazole rings is 1. The van der Waals surface area contributed by atoms with E-state index < -0.39 is 17.5 Å². The lowest BCUT2D eigenvalue weighted by Crippen LogP contribution is -2.19. The maximum atomic E-state index is 14.1. The van der Waals surface area contributed by atoms with Crippen molar-refractivity contribution in [2.24, 2.45) is 0 Å². The van der Waals surface area contributed by atoms with Crippen LogP contribution in [0.4, 0.5) is 8.78 Å². The van der Waals surface area contributed by atoms with Crippen LogP contribution in [0.25, 0.3) is 11.5 Å². The van der Waals surface area contributed by atoms with Gasteiger partial charge in [0.2, 0.25) is 5.82 Å². The van der Waals surface area contributed by atoms with Gasteiger partial charge in [0, 0.05) is 17.3 Å². The molecule has 122 valence electrons. The molecule has 24 heavy (non-hydrogen) atoms. The Bertz CT molecular complexity index is 861. The van der Waals surface area contributed by atoms with Crippen LogP contribution in [-0.2, 0) is 6.54 Å². The first-order valence-electron chi connectivity index (χ1n) is 6.70. The monoisotopic (exact) mass is 332 g/mol. The highest BCUT2D eigenvalue weighted by Crippen LogP contribution is 2.19. The van der Waals surface area contributed by atoms with Gasteiger partial charge in [-0.1, -0.05) is 6.07 Å². The third-order valence-electron chi connectivity index (χ3n) is 3.24. The smallest absolute Gasteiger partial charge is 0.274 e. The van der Waals surface area contributed by atoms with Crippen LogP contribution >= 0.6 is 0 Å². The van der Waals surface area contributed by atoms with Gasteiger partial charge in [0.05, 0.1) is 6.54 Å². The molecule has 10 heteroatoms. The number of halogens is 2. The number of nitrogens with one attached hydrogen (secondary N) is 1. The highest BCUT2D eigenvalue weighted by molar-refractivity contribution is 5.93. The number of aromatic nitrogens is 5. The van der Waals surface area contributed by atoms with Gasteiger partial charge < -0.3 is 0 Å². The third-order valence-corrected chi connectivity index (χ3v) is 3.24. The van der Waals surface area contributed by atoms with Crippen molar-refractivity contribution in [2.75, 3.05) is 0 Å². The molecule has 0 fully saturated rings. The van der Waals surface area contributed by atoms with Gasteiger partial charge in [-0.05, 0) is 34.7 Å². The molecule has 1 aromatic carbocycles. The van der Waals surface area contributed by atoms with Crippen molar-refractivity contribution < 1.29 is 18.8 Å². The summed E-state index contributed by atoms with van der Waals surface area (Å²) in [6.07, 6.45) is 1.54. The second-order valence-corrected chi connectivity index (χ2v) is 4.73. The molecular weight excluding hydrogens is 322 g/mol. The summed E-state index contributed by atoms with van der Waals surface area (Å²) in [6.45, 7) is -0.294. The average Bonchev–Trinajstić information content (AvgIpc) is 3.06. The van der Waals surface area contributed by atoms with E-state index in [4.69, 9.17) is 5.21 Å². The Morgan fingerprint density at radius 3 is 2.62 bits per heavy atom. The largest absolute Gasteiger partial charge is 0.288 e. The van der Waals surface area contributed by atoms with Crippen LogP contribution in [0.15, 0.2) is 36.5 Å². The molecule has 1 amide bonds. The zero-order valence-corrected chi connectivity index (χ0v) is 12.0. The number of benzene rings is 1. The van der Waals surface area contributed by atoms with Crippen molar-refractivity contribution in [1.29, 1.82) is 0 Å². The second-order valence-electron chi connectivity index (χ2n) is 4.73. The van der Waals surface area contributed by atoms with Gasteiger partial charge in [0.1, 0.15) is 17.3 Å². The quantitative estimate of drug-likeness (QED) is 0.549. The Morgan fingerprint density at radius 2 is 2.00 bits per heavy atom. The Labute approximate surface area is 133 Å². The minimum absolute atomic E-state index is 0.242. The first-order chi connectivity index (χ1) is 11.6. The molecule has 0 aliphatic carbocycles. The van der Waals surface area contributed by atoms with Crippen LogP contribution in [0.1, 0.15) is 15.9 Å². The fourth-order valence-electron chi connectivity index (χ4n) is 2.09. The first-order valence-corrected chi connectivity index (χ1v) is 6.70. The minimum Gasteiger partial charge on any atom is -0.288 e. The summed E-state index contributed by atoms with van der Waals surface area (Å²) < 4.78 is 29.5. The number of hydrogen-bond donors (Lipinski definition) is 2. The fourth-order valence-corrected chi connectivity index (χ4v) is 2.09. The van der Waals surface area contributed by atoms with E-state index in [1.165, 1.54) is 16.4 Å². The Morgan fingerprint density at radius 1 is 1.25 bits per heavy atom. The number of carbonyl (C=O) groups excluding carboxylic acids is 1. The molecule has 0 saturated carbocycles. The maximum Gasteiger partial charge on any atom is 0.274 e. The summed E-state index contributed by atoms with van der Waals surface area (Å²) in [4.78, 5) is 15.3. The van der Waals surface area contributed by atoms with Gasteiger partial charge in [0.25, 0.3) is 5.91 Å². The van der Waals surface area contributed by atoms with Crippen LogP contribution in [0, 0.1) is 11.6 Å². The molecule has 0 atom stereocenters. The normalized spacial score (nSPS) is 10.6. The lowest BCUT2D eigenvalue weighted by molar-refractivity contribution is 0.0705. The number of hydrogen-bond acceptors (Lipinski definition) is 6. The predicted molar refractivity (Wildman–Crippen MR) is 75.8 cm³/mol. The number of hydroxylamine groups is 1. The zero-order chi connectivity index (χ0) is 17.1. The van der Waals surface area contributed by atoms with E-state index in [0.717, 1.165) is 12.1 Å². The van der Waals surface area contributed by atoms with Crippen LogP contribution in [0.5, 0.6) is 0 Å². The van der Waals surface area contributed by atoms with E-state index in [1.807, 2.05) is 0 Å². The molecule has 0 radical (unpaired) electrons. The lowest BCUT2D eigenvalue weighted by Gasteiger charge is -2.08. The molecule has 0 unspecified atom stereocenters. The van der Waals surface area contributed by atoms with Crippen LogP contribution in [-0.4, -0.2) is 36.3 Å². The van der Waals surface area contributed by atoms with Crippen LogP contribution < -0.4 is 5.48 Å². The summed E-state index contributed by atoms with van der Waals surface area (Å²) in [7, 11) is 0. The molecular formula is C14H10F2N6O2. The van der Waals surface area contributed by atoms with Crippen molar-refractivity contribution in [3.63, 3.8) is 0 Å². The Kier molecular flexibility index (Phi) is 4.20. The summed E-state index contributed by atoms with van der Waals surface area (Å²) in [6, 6.07) is 6.72.